The SMILES string of the molecule is CC(C)C(=O)OCOC(=O)[C@H]1[C@@H]2[C@H](O)[C@@H](CSc3ccc(F)c(F)c3)[C@@](N)(C(=O)OCOC(=O)C(C)C)[C@H]12.Cl. The molecule has 2 aliphatic carbocycles. The standard InChI is InChI=1S/C25H31F2NO9S.ClH/c1-11(2)21(30)34-9-36-23(32)18-17-19(18)25(28,24(33)37-10-35-22(31)12(3)4)14(20(17)29)8-38-13-5-6-15(26)16(27)7-13;/h5-7,11-12,14,17-20,29H,8-10,28H2,1-4H3;1H/t14-,17+,18+,19+,20-,25+;/m1./s1. The molecule has 10 nitrogen and oxygen atoms in total. The summed E-state index contributed by atoms with van der Waals surface area (Å²) < 4.78 is 46.8. The number of fused-ring (bicyclic) bond motifs is 1. The third-order valence-electron chi connectivity index (χ3n) is 6.73. The van der Waals surface area contributed by atoms with Gasteiger partial charge in [0.25, 0.3) is 0 Å². The van der Waals surface area contributed by atoms with E-state index in [4.69, 9.17) is 24.7 Å². The van der Waals surface area contributed by atoms with Gasteiger partial charge in [-0.25, -0.2) is 13.6 Å². The molecule has 6 atom stereocenters. The highest BCUT2D eigenvalue weighted by molar-refractivity contribution is 7.99. The van der Waals surface area contributed by atoms with E-state index < -0.39 is 96.2 Å². The number of hydrogen-bond acceptors (Lipinski definition) is 11. The average Bonchev–Trinajstić information content (AvgIpc) is 3.57. The molecule has 218 valence electrons. The maximum Gasteiger partial charge on any atom is 0.329 e. The second-order valence-corrected chi connectivity index (χ2v) is 11.0. The molecule has 0 unspecified atom stereocenters. The molecule has 3 rings (SSSR count). The summed E-state index contributed by atoms with van der Waals surface area (Å²) in [5.74, 6) is -9.53. The second-order valence-electron chi connectivity index (χ2n) is 9.91. The van der Waals surface area contributed by atoms with E-state index in [2.05, 4.69) is 0 Å². The minimum atomic E-state index is -1.89. The van der Waals surface area contributed by atoms with Gasteiger partial charge in [0.1, 0.15) is 5.54 Å². The fourth-order valence-electron chi connectivity index (χ4n) is 4.59. The summed E-state index contributed by atoms with van der Waals surface area (Å²) in [5, 5.41) is 11.0. The van der Waals surface area contributed by atoms with Crippen LogP contribution in [0.5, 0.6) is 0 Å². The molecule has 2 aliphatic rings. The van der Waals surface area contributed by atoms with Crippen molar-refractivity contribution in [3.05, 3.63) is 29.8 Å². The van der Waals surface area contributed by atoms with E-state index in [9.17, 15) is 33.1 Å². The molecule has 0 saturated heterocycles. The van der Waals surface area contributed by atoms with Gasteiger partial charge < -0.3 is 29.8 Å². The predicted molar refractivity (Wildman–Crippen MR) is 135 cm³/mol. The molecule has 0 bridgehead atoms. The van der Waals surface area contributed by atoms with E-state index in [-0.39, 0.29) is 18.2 Å². The van der Waals surface area contributed by atoms with Gasteiger partial charge in [-0.15, -0.1) is 24.2 Å². The van der Waals surface area contributed by atoms with Crippen molar-refractivity contribution in [2.24, 2.45) is 41.2 Å². The number of aliphatic hydroxyl groups excluding tert-OH is 1. The molecule has 2 saturated carbocycles. The van der Waals surface area contributed by atoms with Gasteiger partial charge in [0.15, 0.2) is 11.6 Å². The Labute approximate surface area is 234 Å². The zero-order valence-electron chi connectivity index (χ0n) is 21.8. The predicted octanol–water partition coefficient (Wildman–Crippen LogP) is 2.43. The van der Waals surface area contributed by atoms with Crippen molar-refractivity contribution in [1.82, 2.24) is 0 Å². The lowest BCUT2D eigenvalue weighted by molar-refractivity contribution is -0.175. The van der Waals surface area contributed by atoms with Crippen molar-refractivity contribution in [3.63, 3.8) is 0 Å². The van der Waals surface area contributed by atoms with Crippen molar-refractivity contribution in [1.29, 1.82) is 0 Å². The Morgan fingerprint density at radius 3 is 2.08 bits per heavy atom. The third-order valence-corrected chi connectivity index (χ3v) is 7.84. The van der Waals surface area contributed by atoms with Gasteiger partial charge in [-0.3, -0.25) is 14.4 Å². The van der Waals surface area contributed by atoms with Crippen LogP contribution in [0, 0.1) is 47.1 Å². The first-order chi connectivity index (χ1) is 17.8. The van der Waals surface area contributed by atoms with Gasteiger partial charge in [-0.2, -0.15) is 0 Å². The van der Waals surface area contributed by atoms with Crippen LogP contribution in [0.4, 0.5) is 8.78 Å². The second kappa shape index (κ2) is 13.2. The first-order valence-corrected chi connectivity index (χ1v) is 13.0. The molecule has 0 heterocycles. The Balaban J connectivity index is 0.00000533. The number of nitrogens with two attached hydrogens (primary N) is 1. The molecule has 14 heteroatoms. The lowest BCUT2D eigenvalue weighted by atomic mass is 9.81. The Bertz CT molecular complexity index is 1090. The smallest absolute Gasteiger partial charge is 0.329 e. The summed E-state index contributed by atoms with van der Waals surface area (Å²) in [4.78, 5) is 49.5. The van der Waals surface area contributed by atoms with Crippen molar-refractivity contribution >= 4 is 48.0 Å². The molecule has 0 spiro atoms. The number of carbonyl (C=O) groups is 4. The van der Waals surface area contributed by atoms with Crippen LogP contribution in [0.3, 0.4) is 0 Å². The van der Waals surface area contributed by atoms with Gasteiger partial charge >= 0.3 is 23.9 Å². The lowest BCUT2D eigenvalue weighted by Gasteiger charge is -2.34. The van der Waals surface area contributed by atoms with Crippen LogP contribution in [0.15, 0.2) is 23.1 Å². The summed E-state index contributed by atoms with van der Waals surface area (Å²) in [6.45, 7) is 5.05. The van der Waals surface area contributed by atoms with Crippen LogP contribution < -0.4 is 5.73 Å². The fourth-order valence-corrected chi connectivity index (χ4v) is 5.79. The summed E-state index contributed by atoms with van der Waals surface area (Å²) >= 11 is 1.04. The van der Waals surface area contributed by atoms with Gasteiger partial charge in [-0.1, -0.05) is 27.7 Å². The quantitative estimate of drug-likeness (QED) is 0.220. The zero-order valence-corrected chi connectivity index (χ0v) is 23.4. The Kier molecular flexibility index (Phi) is 11.1. The van der Waals surface area contributed by atoms with E-state index in [0.29, 0.717) is 4.90 Å². The molecule has 2 fully saturated rings. The largest absolute Gasteiger partial charge is 0.428 e. The number of carbonyl (C=O) groups excluding carboxylic acids is 4. The fraction of sp³-hybridized carbons (Fsp3) is 0.600. The van der Waals surface area contributed by atoms with Gasteiger partial charge in [0.2, 0.25) is 13.6 Å². The van der Waals surface area contributed by atoms with E-state index in [0.717, 1.165) is 23.9 Å². The third kappa shape index (κ3) is 7.00. The number of hydrogen-bond donors (Lipinski definition) is 2. The van der Waals surface area contributed by atoms with Crippen molar-refractivity contribution < 1.29 is 52.0 Å². The summed E-state index contributed by atoms with van der Waals surface area (Å²) in [6.07, 6.45) is -1.25. The highest BCUT2D eigenvalue weighted by Gasteiger charge is 2.78. The Morgan fingerprint density at radius 2 is 1.54 bits per heavy atom. The number of esters is 4. The topological polar surface area (TPSA) is 151 Å². The maximum atomic E-state index is 13.6. The minimum absolute atomic E-state index is 0. The van der Waals surface area contributed by atoms with E-state index in [1.165, 1.54) is 6.07 Å². The van der Waals surface area contributed by atoms with Crippen molar-refractivity contribution in [3.8, 4) is 0 Å². The van der Waals surface area contributed by atoms with Gasteiger partial charge in [-0.05, 0) is 18.2 Å². The molecule has 0 aliphatic heterocycles. The molecule has 1 aromatic rings. The van der Waals surface area contributed by atoms with E-state index >= 15 is 0 Å². The van der Waals surface area contributed by atoms with Crippen LogP contribution in [0.1, 0.15) is 27.7 Å². The normalized spacial score (nSPS) is 26.9. The van der Waals surface area contributed by atoms with Crippen molar-refractivity contribution in [2.45, 2.75) is 44.2 Å². The van der Waals surface area contributed by atoms with Crippen LogP contribution in [-0.4, -0.2) is 60.0 Å². The summed E-state index contributed by atoms with van der Waals surface area (Å²) in [7, 11) is 0. The number of aliphatic hydroxyl groups is 1. The number of halogens is 3. The highest BCUT2D eigenvalue weighted by Crippen LogP contribution is 2.64. The zero-order chi connectivity index (χ0) is 28.4. The summed E-state index contributed by atoms with van der Waals surface area (Å²) in [6, 6.07) is 3.26. The number of ether oxygens (including phenoxy) is 4. The highest BCUT2D eigenvalue weighted by atomic mass is 35.5. The molecular formula is C25H32ClF2NO9S. The number of benzene rings is 1. The van der Waals surface area contributed by atoms with E-state index in [1.807, 2.05) is 0 Å². The molecule has 0 aromatic heterocycles. The van der Waals surface area contributed by atoms with Gasteiger partial charge in [0, 0.05) is 28.4 Å². The molecule has 39 heavy (non-hydrogen) atoms. The first-order valence-electron chi connectivity index (χ1n) is 12.0. The molecule has 0 radical (unpaired) electrons. The monoisotopic (exact) mass is 595 g/mol. The van der Waals surface area contributed by atoms with Crippen LogP contribution >= 0.6 is 24.2 Å². The Hall–Kier alpha value is -2.48. The first kappa shape index (κ1) is 32.7. The Morgan fingerprint density at radius 1 is 0.974 bits per heavy atom. The molecule has 3 N–H and O–H groups in total. The number of thioether (sulfide) groups is 1. The maximum absolute atomic E-state index is 13.6. The number of rotatable bonds is 11. The minimum Gasteiger partial charge on any atom is -0.428 e. The van der Waals surface area contributed by atoms with Crippen LogP contribution in [0.25, 0.3) is 0 Å². The molecule has 1 aromatic carbocycles. The summed E-state index contributed by atoms with van der Waals surface area (Å²) in [5.41, 5.74) is 4.66. The molecule has 0 amide bonds. The lowest BCUT2D eigenvalue weighted by Crippen LogP contribution is -2.59. The van der Waals surface area contributed by atoms with Crippen LogP contribution in [-0.2, 0) is 38.1 Å². The van der Waals surface area contributed by atoms with Crippen molar-refractivity contribution in [2.75, 3.05) is 19.3 Å². The van der Waals surface area contributed by atoms with Gasteiger partial charge in [0.05, 0.1) is 23.9 Å². The molecular weight excluding hydrogens is 564 g/mol. The average molecular weight is 596 g/mol. The van der Waals surface area contributed by atoms with Crippen LogP contribution in [0.2, 0.25) is 0 Å². The van der Waals surface area contributed by atoms with E-state index in [1.54, 1.807) is 27.7 Å².